The van der Waals surface area contributed by atoms with E-state index in [-0.39, 0.29) is 18.0 Å². The maximum absolute atomic E-state index is 13.2. The fourth-order valence-corrected chi connectivity index (χ4v) is 5.00. The third kappa shape index (κ3) is 4.62. The Balaban J connectivity index is 1.48. The summed E-state index contributed by atoms with van der Waals surface area (Å²) in [6, 6.07) is 6.61. The number of hydrogen-bond acceptors (Lipinski definition) is 5. The number of carbonyl (C=O) groups is 3. The smallest absolute Gasteiger partial charge is 0.325 e. The number of allylic oxidation sites excluding steroid dienone is 2. The van der Waals surface area contributed by atoms with Gasteiger partial charge in [0, 0.05) is 35.6 Å². The molecule has 1 aromatic heterocycles. The molecule has 9 nitrogen and oxygen atoms in total. The van der Waals surface area contributed by atoms with Crippen LogP contribution in [0.5, 0.6) is 0 Å². The van der Waals surface area contributed by atoms with Crippen LogP contribution in [-0.2, 0) is 16.9 Å². The second-order valence-corrected chi connectivity index (χ2v) is 9.47. The summed E-state index contributed by atoms with van der Waals surface area (Å²) in [4.78, 5) is 50.4. The number of amides is 3. The summed E-state index contributed by atoms with van der Waals surface area (Å²) in [6.07, 6.45) is 8.01. The van der Waals surface area contributed by atoms with Gasteiger partial charge in [0.15, 0.2) is 5.78 Å². The summed E-state index contributed by atoms with van der Waals surface area (Å²) >= 11 is 0. The van der Waals surface area contributed by atoms with Crippen molar-refractivity contribution in [3.63, 3.8) is 0 Å². The fraction of sp³-hybridized carbons (Fsp3) is 0.423. The van der Waals surface area contributed by atoms with Gasteiger partial charge in [0.2, 0.25) is 0 Å². The van der Waals surface area contributed by atoms with Gasteiger partial charge in [0.05, 0.1) is 11.5 Å². The van der Waals surface area contributed by atoms with Crippen LogP contribution in [0.15, 0.2) is 42.0 Å². The first kappa shape index (κ1) is 24.4. The lowest BCUT2D eigenvalue weighted by molar-refractivity contribution is -0.384. The lowest BCUT2D eigenvalue weighted by atomic mass is 9.92. The monoisotopic (exact) mass is 478 g/mol. The second kappa shape index (κ2) is 9.48. The van der Waals surface area contributed by atoms with E-state index in [1.807, 2.05) is 19.9 Å². The zero-order valence-electron chi connectivity index (χ0n) is 20.3. The van der Waals surface area contributed by atoms with E-state index in [9.17, 15) is 24.5 Å². The van der Waals surface area contributed by atoms with Crippen molar-refractivity contribution in [3.8, 4) is 0 Å². The van der Waals surface area contributed by atoms with Crippen LogP contribution in [0.3, 0.4) is 0 Å². The molecule has 0 bridgehead atoms. The molecule has 184 valence electrons. The highest BCUT2D eigenvalue weighted by molar-refractivity contribution is 6.11. The van der Waals surface area contributed by atoms with Crippen LogP contribution < -0.4 is 5.32 Å². The molecule has 0 saturated carbocycles. The lowest BCUT2D eigenvalue weighted by Gasteiger charge is -2.22. The molecular formula is C26H30N4O5. The van der Waals surface area contributed by atoms with E-state index in [0.717, 1.165) is 42.1 Å². The van der Waals surface area contributed by atoms with Crippen LogP contribution in [-0.4, -0.2) is 38.7 Å². The van der Waals surface area contributed by atoms with Crippen LogP contribution in [0.1, 0.15) is 66.3 Å². The van der Waals surface area contributed by atoms with Gasteiger partial charge in [0.1, 0.15) is 5.54 Å². The van der Waals surface area contributed by atoms with Gasteiger partial charge in [-0.05, 0) is 76.6 Å². The van der Waals surface area contributed by atoms with E-state index in [1.165, 1.54) is 49.6 Å². The molecule has 9 heteroatoms. The van der Waals surface area contributed by atoms with E-state index < -0.39 is 22.4 Å². The van der Waals surface area contributed by atoms with Gasteiger partial charge in [-0.25, -0.2) is 4.79 Å². The summed E-state index contributed by atoms with van der Waals surface area (Å²) in [7, 11) is 0. The van der Waals surface area contributed by atoms with Crippen molar-refractivity contribution >= 4 is 23.4 Å². The molecule has 1 N–H and O–H groups in total. The van der Waals surface area contributed by atoms with Gasteiger partial charge >= 0.3 is 6.03 Å². The van der Waals surface area contributed by atoms with Crippen LogP contribution in [0.4, 0.5) is 10.5 Å². The summed E-state index contributed by atoms with van der Waals surface area (Å²) in [5.41, 5.74) is 2.65. The standard InChI is InChI=1S/C26H30N4O5/c1-17-15-22(18(2)28(17)14-13-19-7-5-4-6-8-19)23(31)16-29-24(32)26(3,27-25(29)33)20-9-11-21(12-10-20)30(34)35/h7,9-12,15H,4-6,8,13-14,16H2,1-3H3,(H,27,33). The summed E-state index contributed by atoms with van der Waals surface area (Å²) < 4.78 is 2.12. The van der Waals surface area contributed by atoms with Crippen LogP contribution in [0, 0.1) is 24.0 Å². The molecule has 2 aliphatic rings. The van der Waals surface area contributed by atoms with E-state index in [1.54, 1.807) is 0 Å². The first-order chi connectivity index (χ1) is 16.6. The van der Waals surface area contributed by atoms with Gasteiger partial charge in [-0.15, -0.1) is 0 Å². The molecular weight excluding hydrogens is 448 g/mol. The number of hydrogen-bond donors (Lipinski definition) is 1. The zero-order valence-corrected chi connectivity index (χ0v) is 20.3. The number of rotatable bonds is 8. The minimum atomic E-state index is -1.41. The quantitative estimate of drug-likeness (QED) is 0.196. The number of benzene rings is 1. The third-order valence-electron chi connectivity index (χ3n) is 7.15. The predicted octanol–water partition coefficient (Wildman–Crippen LogP) is 4.55. The number of nitrogens with one attached hydrogen (secondary N) is 1. The van der Waals surface area contributed by atoms with Crippen molar-refractivity contribution in [3.05, 3.63) is 74.6 Å². The number of nitro benzene ring substituents is 1. The fourth-order valence-electron chi connectivity index (χ4n) is 5.00. The van der Waals surface area contributed by atoms with Crippen molar-refractivity contribution in [1.29, 1.82) is 0 Å². The van der Waals surface area contributed by atoms with E-state index in [4.69, 9.17) is 0 Å². The number of nitro groups is 1. The highest BCUT2D eigenvalue weighted by atomic mass is 16.6. The average molecular weight is 479 g/mol. The van der Waals surface area contributed by atoms with Crippen LogP contribution in [0.2, 0.25) is 0 Å². The Morgan fingerprint density at radius 3 is 2.51 bits per heavy atom. The lowest BCUT2D eigenvalue weighted by Crippen LogP contribution is -2.41. The second-order valence-electron chi connectivity index (χ2n) is 9.47. The largest absolute Gasteiger partial charge is 0.348 e. The minimum absolute atomic E-state index is 0.115. The predicted molar refractivity (Wildman–Crippen MR) is 130 cm³/mol. The molecule has 1 saturated heterocycles. The normalized spacial score (nSPS) is 20.1. The maximum Gasteiger partial charge on any atom is 0.325 e. The molecule has 3 amide bonds. The molecule has 4 rings (SSSR count). The number of nitrogens with zero attached hydrogens (tertiary/aromatic N) is 3. The highest BCUT2D eigenvalue weighted by Gasteiger charge is 2.49. The van der Waals surface area contributed by atoms with Gasteiger partial charge in [-0.1, -0.05) is 11.6 Å². The Hall–Kier alpha value is -3.75. The topological polar surface area (TPSA) is 115 Å². The van der Waals surface area contributed by atoms with Crippen LogP contribution in [0.25, 0.3) is 0 Å². The number of imide groups is 1. The van der Waals surface area contributed by atoms with Gasteiger partial charge < -0.3 is 9.88 Å². The number of aryl methyl sites for hydroxylation is 1. The van der Waals surface area contributed by atoms with Gasteiger partial charge in [-0.2, -0.15) is 0 Å². The Bertz CT molecular complexity index is 1230. The maximum atomic E-state index is 13.2. The van der Waals surface area contributed by atoms with Crippen molar-refractivity contribution in [1.82, 2.24) is 14.8 Å². The highest BCUT2D eigenvalue weighted by Crippen LogP contribution is 2.30. The summed E-state index contributed by atoms with van der Waals surface area (Å²) in [5.74, 6) is -0.875. The van der Waals surface area contributed by atoms with Crippen molar-refractivity contribution in [2.75, 3.05) is 6.54 Å². The minimum Gasteiger partial charge on any atom is -0.348 e. The van der Waals surface area contributed by atoms with Crippen molar-refractivity contribution in [2.24, 2.45) is 0 Å². The average Bonchev–Trinajstić information content (AvgIpc) is 3.25. The molecule has 1 aliphatic carbocycles. The Morgan fingerprint density at radius 2 is 1.89 bits per heavy atom. The summed E-state index contributed by atoms with van der Waals surface area (Å²) in [5, 5.41) is 13.6. The Labute approximate surface area is 203 Å². The van der Waals surface area contributed by atoms with Gasteiger partial charge in [-0.3, -0.25) is 24.6 Å². The number of aromatic nitrogens is 1. The molecule has 1 aliphatic heterocycles. The van der Waals surface area contributed by atoms with E-state index in [2.05, 4.69) is 16.0 Å². The number of non-ortho nitro benzene ring substituents is 1. The number of urea groups is 1. The molecule has 0 spiro atoms. The number of carbonyl (C=O) groups excluding carboxylic acids is 3. The van der Waals surface area contributed by atoms with Crippen molar-refractivity contribution in [2.45, 2.75) is 65.0 Å². The first-order valence-corrected chi connectivity index (χ1v) is 11.9. The number of ketones is 1. The number of Topliss-reactive ketones (excluding diaryl/α,β-unsaturated/α-hetero) is 1. The van der Waals surface area contributed by atoms with E-state index in [0.29, 0.717) is 11.1 Å². The molecule has 35 heavy (non-hydrogen) atoms. The van der Waals surface area contributed by atoms with Gasteiger partial charge in [0.25, 0.3) is 11.6 Å². The third-order valence-corrected chi connectivity index (χ3v) is 7.15. The molecule has 2 heterocycles. The van der Waals surface area contributed by atoms with Crippen LogP contribution >= 0.6 is 0 Å². The molecule has 0 radical (unpaired) electrons. The first-order valence-electron chi connectivity index (χ1n) is 11.9. The SMILES string of the molecule is Cc1cc(C(=O)CN2C(=O)NC(C)(c3ccc([N+](=O)[O-])cc3)C2=O)c(C)n1CCC1=CCCCC1. The molecule has 1 atom stereocenters. The molecule has 2 aromatic rings. The summed E-state index contributed by atoms with van der Waals surface area (Å²) in [6.45, 7) is 5.80. The van der Waals surface area contributed by atoms with E-state index >= 15 is 0 Å². The molecule has 1 aromatic carbocycles. The van der Waals surface area contributed by atoms with Crippen molar-refractivity contribution < 1.29 is 19.3 Å². The molecule has 1 unspecified atom stereocenters. The zero-order chi connectivity index (χ0) is 25.3. The Kier molecular flexibility index (Phi) is 6.60. The molecule has 1 fully saturated rings. The Morgan fingerprint density at radius 1 is 1.17 bits per heavy atom.